The highest BCUT2D eigenvalue weighted by Gasteiger charge is 2.64. The number of thioether (sulfide) groups is 2. The van der Waals surface area contributed by atoms with Gasteiger partial charge in [-0.3, -0.25) is 0 Å². The summed E-state index contributed by atoms with van der Waals surface area (Å²) in [6.07, 6.45) is 5.01. The van der Waals surface area contributed by atoms with Crippen LogP contribution in [0.4, 0.5) is 0 Å². The Morgan fingerprint density at radius 1 is 0.758 bits per heavy atom. The predicted molar refractivity (Wildman–Crippen MR) is 129 cm³/mol. The van der Waals surface area contributed by atoms with Crippen molar-refractivity contribution < 1.29 is 23.7 Å². The molecule has 3 fully saturated rings. The van der Waals surface area contributed by atoms with E-state index in [1.807, 2.05) is 36.4 Å². The second-order valence-electron chi connectivity index (χ2n) is 8.78. The Kier molecular flexibility index (Phi) is 7.33. The van der Waals surface area contributed by atoms with Crippen molar-refractivity contribution >= 4 is 29.5 Å². The van der Waals surface area contributed by atoms with Gasteiger partial charge in [-0.05, 0) is 49.9 Å². The molecule has 3 saturated heterocycles. The zero-order valence-corrected chi connectivity index (χ0v) is 20.3. The average molecular weight is 487 g/mol. The lowest BCUT2D eigenvalue weighted by molar-refractivity contribution is -0.446. The van der Waals surface area contributed by atoms with Crippen molar-refractivity contribution in [2.24, 2.45) is 0 Å². The number of fused-ring (bicyclic) bond motifs is 1. The molecule has 0 aliphatic carbocycles. The summed E-state index contributed by atoms with van der Waals surface area (Å²) in [6.45, 7) is -0.0902. The van der Waals surface area contributed by atoms with Gasteiger partial charge in [-0.15, -0.1) is 23.5 Å². The smallest absolute Gasteiger partial charge is 0.334 e. The Morgan fingerprint density at radius 2 is 1.27 bits per heavy atom. The minimum absolute atomic E-state index is 0.0142. The fourth-order valence-corrected chi connectivity index (χ4v) is 6.79. The first-order valence-corrected chi connectivity index (χ1v) is 13.7. The lowest BCUT2D eigenvalue weighted by atomic mass is 9.87. The maximum Gasteiger partial charge on any atom is 0.334 e. The molecule has 2 spiro atoms. The maximum absolute atomic E-state index is 12.3. The molecule has 5 rings (SSSR count). The van der Waals surface area contributed by atoms with E-state index >= 15 is 0 Å². The van der Waals surface area contributed by atoms with E-state index in [1.165, 1.54) is 9.79 Å². The van der Waals surface area contributed by atoms with Gasteiger partial charge in [-0.1, -0.05) is 36.4 Å². The maximum atomic E-state index is 12.3. The minimum atomic E-state index is -1.17. The van der Waals surface area contributed by atoms with Crippen LogP contribution in [0.3, 0.4) is 0 Å². The SMILES string of the molecule is O=C1CO[C@@]2(CCC[C@@H](CSc3ccccc3)O2)[C@]2(CCC[C@@H](CSc3ccccc3)O2)O1. The topological polar surface area (TPSA) is 54.0 Å². The van der Waals surface area contributed by atoms with Crippen molar-refractivity contribution in [3.63, 3.8) is 0 Å². The van der Waals surface area contributed by atoms with E-state index in [-0.39, 0.29) is 24.8 Å². The summed E-state index contributed by atoms with van der Waals surface area (Å²) < 4.78 is 25.4. The number of carbonyl (C=O) groups is 1. The van der Waals surface area contributed by atoms with Crippen LogP contribution in [0.2, 0.25) is 0 Å². The van der Waals surface area contributed by atoms with E-state index in [2.05, 4.69) is 24.3 Å². The molecule has 2 aromatic rings. The van der Waals surface area contributed by atoms with E-state index < -0.39 is 11.6 Å². The standard InChI is InChI=1S/C26H30O5S2/c27-24-17-28-25(15-7-9-20(29-25)18-32-22-11-3-1-4-12-22)26(31-24)16-8-10-21(30-26)19-33-23-13-5-2-6-14-23/h1-6,11-14,20-21H,7-10,15-19H2/t20-,21-,25+,26-/m0/s1. The average Bonchev–Trinajstić information content (AvgIpc) is 2.86. The number of rotatable bonds is 6. The monoisotopic (exact) mass is 486 g/mol. The van der Waals surface area contributed by atoms with Crippen LogP contribution in [0.1, 0.15) is 38.5 Å². The van der Waals surface area contributed by atoms with Gasteiger partial charge < -0.3 is 18.9 Å². The van der Waals surface area contributed by atoms with Crippen molar-refractivity contribution in [2.45, 2.75) is 72.1 Å². The highest BCUT2D eigenvalue weighted by molar-refractivity contribution is 7.99. The number of esters is 1. The molecule has 7 heteroatoms. The van der Waals surface area contributed by atoms with Crippen molar-refractivity contribution in [1.82, 2.24) is 0 Å². The van der Waals surface area contributed by atoms with Gasteiger partial charge in [0.15, 0.2) is 0 Å². The van der Waals surface area contributed by atoms with E-state index in [0.29, 0.717) is 12.8 Å². The molecule has 0 aromatic heterocycles. The summed E-state index contributed by atoms with van der Waals surface area (Å²) in [5, 5.41) is 0. The molecule has 33 heavy (non-hydrogen) atoms. The number of ether oxygens (including phenoxy) is 4. The van der Waals surface area contributed by atoms with Crippen LogP contribution in [0, 0.1) is 0 Å². The van der Waals surface area contributed by atoms with Crippen LogP contribution < -0.4 is 0 Å². The predicted octanol–water partition coefficient (Wildman–Crippen LogP) is 5.68. The fourth-order valence-electron chi connectivity index (χ4n) is 4.86. The first kappa shape index (κ1) is 23.2. The molecule has 3 aliphatic rings. The minimum Gasteiger partial charge on any atom is -0.425 e. The summed E-state index contributed by atoms with van der Waals surface area (Å²) in [5.41, 5.74) is 0. The first-order chi connectivity index (χ1) is 16.2. The van der Waals surface area contributed by atoms with Gasteiger partial charge in [-0.2, -0.15) is 0 Å². The van der Waals surface area contributed by atoms with Crippen LogP contribution in [0.25, 0.3) is 0 Å². The molecular weight excluding hydrogens is 456 g/mol. The highest BCUT2D eigenvalue weighted by atomic mass is 32.2. The van der Waals surface area contributed by atoms with Crippen molar-refractivity contribution in [1.29, 1.82) is 0 Å². The Labute approximate surface area is 203 Å². The molecule has 5 nitrogen and oxygen atoms in total. The molecule has 3 heterocycles. The quantitative estimate of drug-likeness (QED) is 0.385. The van der Waals surface area contributed by atoms with E-state index in [4.69, 9.17) is 18.9 Å². The van der Waals surface area contributed by atoms with E-state index in [9.17, 15) is 4.79 Å². The summed E-state index contributed by atoms with van der Waals surface area (Å²) in [6, 6.07) is 20.7. The van der Waals surface area contributed by atoms with Crippen molar-refractivity contribution in [2.75, 3.05) is 18.1 Å². The summed E-state index contributed by atoms with van der Waals surface area (Å²) in [5.74, 6) is -0.948. The van der Waals surface area contributed by atoms with Crippen LogP contribution in [0.15, 0.2) is 70.5 Å². The molecule has 0 saturated carbocycles. The van der Waals surface area contributed by atoms with Crippen molar-refractivity contribution in [3.8, 4) is 0 Å². The molecule has 0 unspecified atom stereocenters. The Bertz CT molecular complexity index is 927. The molecule has 2 aromatic carbocycles. The second-order valence-corrected chi connectivity index (χ2v) is 11.0. The van der Waals surface area contributed by atoms with Gasteiger partial charge in [0.25, 0.3) is 5.79 Å². The highest BCUT2D eigenvalue weighted by Crippen LogP contribution is 2.49. The number of carbonyl (C=O) groups excluding carboxylic acids is 1. The van der Waals surface area contributed by atoms with Crippen LogP contribution in [-0.4, -0.2) is 47.9 Å². The van der Waals surface area contributed by atoms with Crippen molar-refractivity contribution in [3.05, 3.63) is 60.7 Å². The summed E-state index contributed by atoms with van der Waals surface area (Å²) in [7, 11) is 0. The Hall–Kier alpha value is -1.51. The first-order valence-electron chi connectivity index (χ1n) is 11.7. The Morgan fingerprint density at radius 3 is 1.85 bits per heavy atom. The third-order valence-electron chi connectivity index (χ3n) is 6.42. The molecule has 3 aliphatic heterocycles. The zero-order chi connectivity index (χ0) is 22.6. The van der Waals surface area contributed by atoms with Gasteiger partial charge in [-0.25, -0.2) is 4.79 Å². The van der Waals surface area contributed by atoms with Crippen LogP contribution in [0.5, 0.6) is 0 Å². The van der Waals surface area contributed by atoms with Gasteiger partial charge in [0, 0.05) is 34.1 Å². The van der Waals surface area contributed by atoms with Gasteiger partial charge in [0.05, 0.1) is 12.2 Å². The zero-order valence-electron chi connectivity index (χ0n) is 18.6. The van der Waals surface area contributed by atoms with Crippen LogP contribution in [-0.2, 0) is 23.7 Å². The van der Waals surface area contributed by atoms with Gasteiger partial charge >= 0.3 is 5.97 Å². The normalized spacial score (nSPS) is 32.1. The summed E-state index contributed by atoms with van der Waals surface area (Å²) >= 11 is 3.55. The lowest BCUT2D eigenvalue weighted by Gasteiger charge is -2.55. The Balaban J connectivity index is 1.29. The lowest BCUT2D eigenvalue weighted by Crippen LogP contribution is -2.69. The molecule has 0 amide bonds. The van der Waals surface area contributed by atoms with Gasteiger partial charge in [0.1, 0.15) is 6.61 Å². The molecule has 0 bridgehead atoms. The molecule has 0 N–H and O–H groups in total. The third-order valence-corrected chi connectivity index (χ3v) is 8.71. The van der Waals surface area contributed by atoms with Crippen LogP contribution >= 0.6 is 23.5 Å². The van der Waals surface area contributed by atoms with E-state index in [1.54, 1.807) is 23.5 Å². The number of hydrogen-bond acceptors (Lipinski definition) is 7. The third kappa shape index (κ3) is 5.28. The number of benzene rings is 2. The van der Waals surface area contributed by atoms with Gasteiger partial charge in [0.2, 0.25) is 5.79 Å². The largest absolute Gasteiger partial charge is 0.425 e. The second kappa shape index (κ2) is 10.4. The summed E-state index contributed by atoms with van der Waals surface area (Å²) in [4.78, 5) is 14.8. The van der Waals surface area contributed by atoms with E-state index in [0.717, 1.165) is 37.2 Å². The molecule has 176 valence electrons. The molecule has 0 radical (unpaired) electrons. The fraction of sp³-hybridized carbons (Fsp3) is 0.500. The molecular formula is C26H30O5S2. The molecule has 4 atom stereocenters. The number of hydrogen-bond donors (Lipinski definition) is 0.